The van der Waals surface area contributed by atoms with Crippen LogP contribution in [0.5, 0.6) is 0 Å². The zero-order valence-corrected chi connectivity index (χ0v) is 10.7. The normalized spacial score (nSPS) is 19.7. The van der Waals surface area contributed by atoms with Gasteiger partial charge in [0.15, 0.2) is 0 Å². The van der Waals surface area contributed by atoms with Gasteiger partial charge in [0, 0.05) is 19.2 Å². The van der Waals surface area contributed by atoms with Gasteiger partial charge < -0.3 is 10.0 Å². The zero-order chi connectivity index (χ0) is 13.0. The maximum Gasteiger partial charge on any atom is 0.246 e. The van der Waals surface area contributed by atoms with E-state index in [1.807, 2.05) is 18.2 Å². The number of carbonyl (C=O) groups is 1. The third-order valence-corrected chi connectivity index (χ3v) is 3.28. The van der Waals surface area contributed by atoms with Crippen molar-refractivity contribution in [3.8, 4) is 0 Å². The highest BCUT2D eigenvalue weighted by Gasteiger charge is 2.22. The summed E-state index contributed by atoms with van der Waals surface area (Å²) in [5, 5.41) is 9.37. The predicted octanol–water partition coefficient (Wildman–Crippen LogP) is 1.86. The lowest BCUT2D eigenvalue weighted by Gasteiger charge is -2.12. The third-order valence-electron chi connectivity index (χ3n) is 3.28. The number of carbonyl (C=O) groups excluding carboxylic acids is 1. The summed E-state index contributed by atoms with van der Waals surface area (Å²) >= 11 is 0. The van der Waals surface area contributed by atoms with Crippen LogP contribution in [-0.4, -0.2) is 35.1 Å². The maximum atomic E-state index is 11.8. The summed E-state index contributed by atoms with van der Waals surface area (Å²) in [5.74, 6) is -0.0221. The van der Waals surface area contributed by atoms with E-state index >= 15 is 0 Å². The van der Waals surface area contributed by atoms with Gasteiger partial charge in [-0.1, -0.05) is 31.2 Å². The van der Waals surface area contributed by atoms with Crippen LogP contribution >= 0.6 is 0 Å². The molecule has 1 amide bonds. The van der Waals surface area contributed by atoms with Crippen LogP contribution in [0, 0.1) is 0 Å². The summed E-state index contributed by atoms with van der Waals surface area (Å²) in [7, 11) is 0. The molecule has 0 unspecified atom stereocenters. The smallest absolute Gasteiger partial charge is 0.246 e. The van der Waals surface area contributed by atoms with Crippen LogP contribution in [0.25, 0.3) is 6.08 Å². The molecule has 96 valence electrons. The Morgan fingerprint density at radius 2 is 2.17 bits per heavy atom. The number of aryl methyl sites for hydroxylation is 1. The zero-order valence-electron chi connectivity index (χ0n) is 10.7. The van der Waals surface area contributed by atoms with E-state index < -0.39 is 0 Å². The minimum atomic E-state index is -0.355. The molecular formula is C15H19NO2. The van der Waals surface area contributed by atoms with Gasteiger partial charge in [0.05, 0.1) is 6.10 Å². The molecule has 1 heterocycles. The minimum Gasteiger partial charge on any atom is -0.391 e. The molecule has 0 aromatic heterocycles. The predicted molar refractivity (Wildman–Crippen MR) is 72.1 cm³/mol. The quantitative estimate of drug-likeness (QED) is 0.826. The Hall–Kier alpha value is -1.61. The lowest BCUT2D eigenvalue weighted by molar-refractivity contribution is -0.125. The molecule has 0 bridgehead atoms. The molecule has 0 saturated carbocycles. The molecule has 0 aliphatic carbocycles. The average Bonchev–Trinajstić information content (AvgIpc) is 2.83. The summed E-state index contributed by atoms with van der Waals surface area (Å²) in [6.45, 7) is 3.23. The van der Waals surface area contributed by atoms with E-state index in [1.165, 1.54) is 5.56 Å². The Morgan fingerprint density at radius 3 is 2.72 bits per heavy atom. The molecule has 1 aromatic rings. The number of aliphatic hydroxyl groups is 1. The van der Waals surface area contributed by atoms with Gasteiger partial charge in [-0.2, -0.15) is 0 Å². The fraction of sp³-hybridized carbons (Fsp3) is 0.400. The number of amides is 1. The molecule has 0 radical (unpaired) electrons. The number of hydrogen-bond acceptors (Lipinski definition) is 2. The van der Waals surface area contributed by atoms with Crippen molar-refractivity contribution < 1.29 is 9.90 Å². The van der Waals surface area contributed by atoms with Gasteiger partial charge in [-0.25, -0.2) is 0 Å². The topological polar surface area (TPSA) is 40.5 Å². The van der Waals surface area contributed by atoms with E-state index in [4.69, 9.17) is 0 Å². The first-order chi connectivity index (χ1) is 8.69. The Morgan fingerprint density at radius 1 is 1.44 bits per heavy atom. The largest absolute Gasteiger partial charge is 0.391 e. The van der Waals surface area contributed by atoms with E-state index in [0.717, 1.165) is 12.0 Å². The molecule has 3 heteroatoms. The summed E-state index contributed by atoms with van der Waals surface area (Å²) < 4.78 is 0. The highest BCUT2D eigenvalue weighted by Crippen LogP contribution is 2.11. The first kappa shape index (κ1) is 12.8. The Balaban J connectivity index is 1.95. The summed E-state index contributed by atoms with van der Waals surface area (Å²) in [4.78, 5) is 13.5. The van der Waals surface area contributed by atoms with Crippen molar-refractivity contribution >= 4 is 12.0 Å². The SMILES string of the molecule is CCc1ccc(C=CC(=O)N2CC[C@H](O)C2)cc1. The number of rotatable bonds is 3. The van der Waals surface area contributed by atoms with Gasteiger partial charge in [0.2, 0.25) is 5.91 Å². The van der Waals surface area contributed by atoms with Gasteiger partial charge >= 0.3 is 0 Å². The minimum absolute atomic E-state index is 0.0221. The molecule has 1 saturated heterocycles. The number of benzene rings is 1. The van der Waals surface area contributed by atoms with Crippen LogP contribution in [0.4, 0.5) is 0 Å². The Kier molecular flexibility index (Phi) is 4.15. The fourth-order valence-electron chi connectivity index (χ4n) is 2.08. The maximum absolute atomic E-state index is 11.8. The molecule has 0 spiro atoms. The first-order valence-corrected chi connectivity index (χ1v) is 6.43. The van der Waals surface area contributed by atoms with Crippen molar-refractivity contribution in [2.24, 2.45) is 0 Å². The highest BCUT2D eigenvalue weighted by molar-refractivity contribution is 5.92. The van der Waals surface area contributed by atoms with Gasteiger partial charge in [-0.3, -0.25) is 4.79 Å². The molecular weight excluding hydrogens is 226 g/mol. The molecule has 18 heavy (non-hydrogen) atoms. The van der Waals surface area contributed by atoms with Gasteiger partial charge in [-0.05, 0) is 30.0 Å². The molecule has 1 aromatic carbocycles. The van der Waals surface area contributed by atoms with Crippen LogP contribution < -0.4 is 0 Å². The second-order valence-electron chi connectivity index (χ2n) is 4.66. The van der Waals surface area contributed by atoms with Crippen molar-refractivity contribution in [3.63, 3.8) is 0 Å². The molecule has 1 atom stereocenters. The second kappa shape index (κ2) is 5.83. The lowest BCUT2D eigenvalue weighted by Crippen LogP contribution is -2.27. The number of hydrogen-bond donors (Lipinski definition) is 1. The number of likely N-dealkylation sites (tertiary alicyclic amines) is 1. The second-order valence-corrected chi connectivity index (χ2v) is 4.66. The van der Waals surface area contributed by atoms with E-state index in [9.17, 15) is 9.90 Å². The molecule has 1 N–H and O–H groups in total. The van der Waals surface area contributed by atoms with Crippen molar-refractivity contribution in [2.45, 2.75) is 25.9 Å². The first-order valence-electron chi connectivity index (χ1n) is 6.43. The molecule has 3 nitrogen and oxygen atoms in total. The fourth-order valence-corrected chi connectivity index (χ4v) is 2.08. The number of nitrogens with zero attached hydrogens (tertiary/aromatic N) is 1. The Labute approximate surface area is 108 Å². The van der Waals surface area contributed by atoms with Crippen molar-refractivity contribution in [2.75, 3.05) is 13.1 Å². The van der Waals surface area contributed by atoms with Crippen molar-refractivity contribution in [1.82, 2.24) is 4.90 Å². The molecule has 1 aliphatic rings. The van der Waals surface area contributed by atoms with Crippen LogP contribution in [0.15, 0.2) is 30.3 Å². The highest BCUT2D eigenvalue weighted by atomic mass is 16.3. The van der Waals surface area contributed by atoms with Gasteiger partial charge in [-0.15, -0.1) is 0 Å². The van der Waals surface area contributed by atoms with E-state index in [0.29, 0.717) is 19.5 Å². The van der Waals surface area contributed by atoms with E-state index in [1.54, 1.807) is 11.0 Å². The third kappa shape index (κ3) is 3.20. The average molecular weight is 245 g/mol. The summed E-state index contributed by atoms with van der Waals surface area (Å²) in [5.41, 5.74) is 2.32. The Bertz CT molecular complexity index is 436. The van der Waals surface area contributed by atoms with Crippen LogP contribution in [0.2, 0.25) is 0 Å². The standard InChI is InChI=1S/C15H19NO2/c1-2-12-3-5-13(6-4-12)7-8-15(18)16-10-9-14(17)11-16/h3-8,14,17H,2,9-11H2,1H3/t14-/m0/s1. The summed E-state index contributed by atoms with van der Waals surface area (Å²) in [6.07, 6.45) is 4.76. The lowest BCUT2D eigenvalue weighted by atomic mass is 10.1. The van der Waals surface area contributed by atoms with Crippen molar-refractivity contribution in [1.29, 1.82) is 0 Å². The van der Waals surface area contributed by atoms with Crippen molar-refractivity contribution in [3.05, 3.63) is 41.5 Å². The van der Waals surface area contributed by atoms with Crippen LogP contribution in [0.1, 0.15) is 24.5 Å². The van der Waals surface area contributed by atoms with Gasteiger partial charge in [0.25, 0.3) is 0 Å². The number of β-amino-alcohol motifs (C(OH)–C–C–N with tert-alkyl or cyclic N) is 1. The van der Waals surface area contributed by atoms with Crippen LogP contribution in [0.3, 0.4) is 0 Å². The number of aliphatic hydroxyl groups excluding tert-OH is 1. The molecule has 2 rings (SSSR count). The van der Waals surface area contributed by atoms with E-state index in [2.05, 4.69) is 19.1 Å². The van der Waals surface area contributed by atoms with Gasteiger partial charge in [0.1, 0.15) is 0 Å². The molecule has 1 fully saturated rings. The monoisotopic (exact) mass is 245 g/mol. The molecule has 1 aliphatic heterocycles. The summed E-state index contributed by atoms with van der Waals surface area (Å²) in [6, 6.07) is 8.18. The van der Waals surface area contributed by atoms with E-state index in [-0.39, 0.29) is 12.0 Å². The van der Waals surface area contributed by atoms with Crippen LogP contribution in [-0.2, 0) is 11.2 Å².